The van der Waals surface area contributed by atoms with Gasteiger partial charge in [-0.25, -0.2) is 4.39 Å². The molecule has 3 heterocycles. The summed E-state index contributed by atoms with van der Waals surface area (Å²) in [4.78, 5) is 31.4. The molecule has 0 aliphatic carbocycles. The summed E-state index contributed by atoms with van der Waals surface area (Å²) >= 11 is 0. The van der Waals surface area contributed by atoms with Gasteiger partial charge in [0.05, 0.1) is 18.2 Å². The molecule has 6 nitrogen and oxygen atoms in total. The summed E-state index contributed by atoms with van der Waals surface area (Å²) in [6.07, 6.45) is 3.80. The van der Waals surface area contributed by atoms with Crippen LogP contribution in [0.25, 0.3) is 5.76 Å². The molecule has 2 aliphatic heterocycles. The number of carbonyl (C=O) groups excluding carboxylic acids is 2. The van der Waals surface area contributed by atoms with Crippen LogP contribution in [0.4, 0.5) is 10.1 Å². The molecule has 154 valence electrons. The average molecular weight is 416 g/mol. The number of benzene rings is 2. The number of aliphatic hydroxyl groups excluding tert-OH is 1. The second kappa shape index (κ2) is 7.36. The molecular formula is C24H17FN2O4. The Hall–Kier alpha value is -4.00. The number of ketones is 1. The molecule has 3 aromatic rings. The van der Waals surface area contributed by atoms with Crippen molar-refractivity contribution < 1.29 is 23.8 Å². The Morgan fingerprint density at radius 2 is 1.81 bits per heavy atom. The Morgan fingerprint density at radius 3 is 2.55 bits per heavy atom. The first-order valence-corrected chi connectivity index (χ1v) is 9.77. The number of pyridine rings is 1. The number of aromatic nitrogens is 1. The minimum Gasteiger partial charge on any atom is -0.507 e. The minimum absolute atomic E-state index is 0.0283. The molecule has 0 spiro atoms. The number of aliphatic hydroxyl groups is 1. The Bertz CT molecular complexity index is 1220. The van der Waals surface area contributed by atoms with Gasteiger partial charge in [0.2, 0.25) is 0 Å². The third-order valence-electron chi connectivity index (χ3n) is 5.53. The molecule has 0 saturated carbocycles. The number of nitrogens with zero attached hydrogens (tertiary/aromatic N) is 2. The van der Waals surface area contributed by atoms with Gasteiger partial charge in [-0.2, -0.15) is 0 Å². The molecule has 2 aromatic carbocycles. The van der Waals surface area contributed by atoms with E-state index in [1.807, 2.05) is 0 Å². The van der Waals surface area contributed by atoms with Crippen LogP contribution in [0.3, 0.4) is 0 Å². The Morgan fingerprint density at radius 1 is 1.06 bits per heavy atom. The summed E-state index contributed by atoms with van der Waals surface area (Å²) in [5, 5.41) is 11.1. The fourth-order valence-corrected chi connectivity index (χ4v) is 4.05. The van der Waals surface area contributed by atoms with Gasteiger partial charge >= 0.3 is 0 Å². The van der Waals surface area contributed by atoms with E-state index in [-0.39, 0.29) is 11.3 Å². The van der Waals surface area contributed by atoms with Crippen LogP contribution in [0, 0.1) is 5.82 Å². The van der Waals surface area contributed by atoms with E-state index in [4.69, 9.17) is 4.74 Å². The number of fused-ring (bicyclic) bond motifs is 1. The van der Waals surface area contributed by atoms with Crippen molar-refractivity contribution in [3.05, 3.63) is 95.1 Å². The van der Waals surface area contributed by atoms with Crippen molar-refractivity contribution in [2.75, 3.05) is 11.5 Å². The number of halogens is 1. The van der Waals surface area contributed by atoms with Gasteiger partial charge in [0, 0.05) is 30.1 Å². The van der Waals surface area contributed by atoms with Crippen LogP contribution >= 0.6 is 0 Å². The first kappa shape index (κ1) is 19.0. The standard InChI is InChI=1S/C24H17FN2O4/c25-17-2-4-18(5-3-17)27-21(14-7-10-26-11-8-14)20(23(29)24(27)30)22(28)16-1-6-19-15(13-16)9-12-31-19/h1-8,10-11,13,21,28H,9,12H2/b22-20-. The Balaban J connectivity index is 1.69. The van der Waals surface area contributed by atoms with Gasteiger partial charge in [-0.3, -0.25) is 19.5 Å². The summed E-state index contributed by atoms with van der Waals surface area (Å²) in [5.74, 6) is -1.57. The number of ether oxygens (including phenoxy) is 1. The van der Waals surface area contributed by atoms with Gasteiger partial charge in [-0.1, -0.05) is 0 Å². The second-order valence-electron chi connectivity index (χ2n) is 7.35. The molecular weight excluding hydrogens is 399 g/mol. The second-order valence-corrected chi connectivity index (χ2v) is 7.35. The molecule has 1 amide bonds. The lowest BCUT2D eigenvalue weighted by Crippen LogP contribution is -2.29. The lowest BCUT2D eigenvalue weighted by atomic mass is 9.95. The fourth-order valence-electron chi connectivity index (χ4n) is 4.05. The van der Waals surface area contributed by atoms with Crippen LogP contribution in [-0.4, -0.2) is 28.4 Å². The lowest BCUT2D eigenvalue weighted by Gasteiger charge is -2.25. The molecule has 1 saturated heterocycles. The van der Waals surface area contributed by atoms with E-state index in [2.05, 4.69) is 4.98 Å². The lowest BCUT2D eigenvalue weighted by molar-refractivity contribution is -0.132. The van der Waals surface area contributed by atoms with Crippen molar-refractivity contribution in [1.82, 2.24) is 4.98 Å². The van der Waals surface area contributed by atoms with Crippen molar-refractivity contribution >= 4 is 23.1 Å². The zero-order valence-corrected chi connectivity index (χ0v) is 16.3. The maximum Gasteiger partial charge on any atom is 0.300 e. The predicted octanol–water partition coefficient (Wildman–Crippen LogP) is 3.78. The Kier molecular flexibility index (Phi) is 4.51. The van der Waals surface area contributed by atoms with Crippen LogP contribution in [0.5, 0.6) is 5.75 Å². The highest BCUT2D eigenvalue weighted by Crippen LogP contribution is 2.42. The topological polar surface area (TPSA) is 79.7 Å². The van der Waals surface area contributed by atoms with Gasteiger partial charge in [0.25, 0.3) is 11.7 Å². The molecule has 2 aliphatic rings. The van der Waals surface area contributed by atoms with Crippen LogP contribution in [0.15, 0.2) is 72.6 Å². The van der Waals surface area contributed by atoms with E-state index in [9.17, 15) is 19.1 Å². The predicted molar refractivity (Wildman–Crippen MR) is 111 cm³/mol. The fraction of sp³-hybridized carbons (Fsp3) is 0.125. The molecule has 1 aromatic heterocycles. The van der Waals surface area contributed by atoms with E-state index < -0.39 is 23.5 Å². The number of hydrogen-bond donors (Lipinski definition) is 1. The van der Waals surface area contributed by atoms with Gasteiger partial charge in [0.1, 0.15) is 17.3 Å². The van der Waals surface area contributed by atoms with Gasteiger partial charge in [-0.15, -0.1) is 0 Å². The van der Waals surface area contributed by atoms with E-state index in [1.54, 1.807) is 42.7 Å². The molecule has 0 radical (unpaired) electrons. The molecule has 31 heavy (non-hydrogen) atoms. The molecule has 1 fully saturated rings. The molecule has 1 atom stereocenters. The quantitative estimate of drug-likeness (QED) is 0.399. The Labute approximate surface area is 177 Å². The maximum absolute atomic E-state index is 13.5. The summed E-state index contributed by atoms with van der Waals surface area (Å²) in [6, 6.07) is 13.0. The first-order chi connectivity index (χ1) is 15.0. The highest BCUT2D eigenvalue weighted by Gasteiger charge is 2.47. The monoisotopic (exact) mass is 416 g/mol. The van der Waals surface area contributed by atoms with Crippen LogP contribution in [-0.2, 0) is 16.0 Å². The van der Waals surface area contributed by atoms with Crippen molar-refractivity contribution in [2.24, 2.45) is 0 Å². The van der Waals surface area contributed by atoms with Gasteiger partial charge in [-0.05, 0) is 65.7 Å². The number of carbonyl (C=O) groups is 2. The third-order valence-corrected chi connectivity index (χ3v) is 5.53. The van der Waals surface area contributed by atoms with E-state index in [0.29, 0.717) is 29.8 Å². The van der Waals surface area contributed by atoms with Crippen LogP contribution < -0.4 is 9.64 Å². The zero-order chi connectivity index (χ0) is 21.5. The highest BCUT2D eigenvalue weighted by atomic mass is 19.1. The molecule has 5 rings (SSSR count). The van der Waals surface area contributed by atoms with Crippen molar-refractivity contribution in [3.8, 4) is 5.75 Å². The highest BCUT2D eigenvalue weighted by molar-refractivity contribution is 6.51. The number of rotatable bonds is 3. The number of hydrogen-bond acceptors (Lipinski definition) is 5. The summed E-state index contributed by atoms with van der Waals surface area (Å²) in [5.41, 5.74) is 2.29. The van der Waals surface area contributed by atoms with E-state index in [0.717, 1.165) is 11.3 Å². The number of anilines is 1. The van der Waals surface area contributed by atoms with E-state index in [1.165, 1.54) is 29.2 Å². The summed E-state index contributed by atoms with van der Waals surface area (Å²) < 4.78 is 19.0. The maximum atomic E-state index is 13.5. The number of amides is 1. The molecule has 7 heteroatoms. The van der Waals surface area contributed by atoms with Gasteiger partial charge < -0.3 is 9.84 Å². The normalized spacial score (nSPS) is 19.4. The third kappa shape index (κ3) is 3.15. The van der Waals surface area contributed by atoms with Crippen molar-refractivity contribution in [2.45, 2.75) is 12.5 Å². The van der Waals surface area contributed by atoms with E-state index >= 15 is 0 Å². The van der Waals surface area contributed by atoms with Gasteiger partial charge in [0.15, 0.2) is 0 Å². The minimum atomic E-state index is -0.877. The molecule has 0 bridgehead atoms. The van der Waals surface area contributed by atoms with Crippen LogP contribution in [0.2, 0.25) is 0 Å². The van der Waals surface area contributed by atoms with Crippen molar-refractivity contribution in [1.29, 1.82) is 0 Å². The molecule has 1 unspecified atom stereocenters. The first-order valence-electron chi connectivity index (χ1n) is 9.77. The summed E-state index contributed by atoms with van der Waals surface area (Å²) in [7, 11) is 0. The largest absolute Gasteiger partial charge is 0.507 e. The molecule has 1 N–H and O–H groups in total. The van der Waals surface area contributed by atoms with Crippen LogP contribution in [0.1, 0.15) is 22.7 Å². The SMILES string of the molecule is O=C1C(=O)N(c2ccc(F)cc2)C(c2ccncc2)/C1=C(/O)c1ccc2c(c1)CCO2. The van der Waals surface area contributed by atoms with Crippen molar-refractivity contribution in [3.63, 3.8) is 0 Å². The number of Topliss-reactive ketones (excluding diaryl/α,β-unsaturated/α-hetero) is 1. The zero-order valence-electron chi connectivity index (χ0n) is 16.3. The average Bonchev–Trinajstić information content (AvgIpc) is 3.37. The summed E-state index contributed by atoms with van der Waals surface area (Å²) in [6.45, 7) is 0.561. The smallest absolute Gasteiger partial charge is 0.300 e.